The Kier molecular flexibility index (Phi) is 6.00. The number of esters is 1. The minimum absolute atomic E-state index is 0.0376. The third-order valence-electron chi connectivity index (χ3n) is 6.46. The third kappa shape index (κ3) is 4.26. The van der Waals surface area contributed by atoms with E-state index in [4.69, 9.17) is 17.6 Å². The largest absolute Gasteiger partial charge is 0.461 e. The molecule has 2 atom stereocenters. The van der Waals surface area contributed by atoms with Crippen molar-refractivity contribution in [2.24, 2.45) is 5.10 Å². The first-order chi connectivity index (χ1) is 16.9. The maximum Gasteiger partial charge on any atom is 0.356 e. The van der Waals surface area contributed by atoms with Gasteiger partial charge in [0.25, 0.3) is 0 Å². The number of allylic oxidation sites excluding steroid dienone is 1. The second kappa shape index (κ2) is 9.13. The van der Waals surface area contributed by atoms with Gasteiger partial charge in [-0.15, -0.1) is 0 Å². The van der Waals surface area contributed by atoms with E-state index in [9.17, 15) is 4.79 Å². The van der Waals surface area contributed by atoms with Gasteiger partial charge in [0.15, 0.2) is 19.4 Å². The zero-order valence-corrected chi connectivity index (χ0v) is 20.3. The first-order valence-corrected chi connectivity index (χ1v) is 12.0. The van der Waals surface area contributed by atoms with Gasteiger partial charge in [0.05, 0.1) is 29.8 Å². The van der Waals surface area contributed by atoms with Crippen molar-refractivity contribution in [1.82, 2.24) is 25.2 Å². The van der Waals surface area contributed by atoms with Crippen LogP contribution < -0.4 is 16.5 Å². The van der Waals surface area contributed by atoms with E-state index in [1.807, 2.05) is 55.0 Å². The van der Waals surface area contributed by atoms with Crippen LogP contribution in [0.5, 0.6) is 0 Å². The molecular formula is C26H29BN6O2. The Morgan fingerprint density at radius 3 is 2.77 bits per heavy atom. The fourth-order valence-corrected chi connectivity index (χ4v) is 4.56. The topological polar surface area (TPSA) is 83.8 Å². The molecule has 1 aliphatic carbocycles. The number of rotatable bonds is 8. The van der Waals surface area contributed by atoms with Crippen LogP contribution in [0.25, 0.3) is 6.08 Å². The molecule has 0 saturated heterocycles. The van der Waals surface area contributed by atoms with Gasteiger partial charge in [0.2, 0.25) is 0 Å². The van der Waals surface area contributed by atoms with Crippen LogP contribution in [0.3, 0.4) is 0 Å². The molecule has 8 nitrogen and oxygen atoms in total. The van der Waals surface area contributed by atoms with E-state index < -0.39 is 12.0 Å². The van der Waals surface area contributed by atoms with Gasteiger partial charge in [0.1, 0.15) is 6.17 Å². The Balaban J connectivity index is 1.61. The van der Waals surface area contributed by atoms with Crippen molar-refractivity contribution in [1.29, 1.82) is 0 Å². The molecule has 178 valence electrons. The van der Waals surface area contributed by atoms with Crippen LogP contribution in [0.4, 0.5) is 0 Å². The predicted octanol–water partition coefficient (Wildman–Crippen LogP) is 2.88. The van der Waals surface area contributed by atoms with E-state index in [1.54, 1.807) is 13.0 Å². The number of carbonyl (C=O) groups is 1. The SMILES string of the molecule is [B]c1nc(C(NC2=CN3C(=NNC3C)C(C)=C2)c2ccc(C=C)cc2)c(C(=O)OCC)n1C1CC1. The number of aromatic nitrogens is 2. The number of amidine groups is 1. The van der Waals surface area contributed by atoms with Crippen LogP contribution in [0.1, 0.15) is 73.0 Å². The zero-order chi connectivity index (χ0) is 24.7. The number of fused-ring (bicyclic) bond motifs is 1. The van der Waals surface area contributed by atoms with E-state index in [-0.39, 0.29) is 18.8 Å². The lowest BCUT2D eigenvalue weighted by atomic mass is 9.99. The second-order valence-electron chi connectivity index (χ2n) is 9.03. The Morgan fingerprint density at radius 1 is 1.37 bits per heavy atom. The highest BCUT2D eigenvalue weighted by molar-refractivity contribution is 6.29. The number of ether oxygens (including phenoxy) is 1. The van der Waals surface area contributed by atoms with Crippen molar-refractivity contribution < 1.29 is 9.53 Å². The molecule has 0 bridgehead atoms. The minimum atomic E-state index is -0.435. The molecule has 2 radical (unpaired) electrons. The van der Waals surface area contributed by atoms with Gasteiger partial charge < -0.3 is 19.5 Å². The number of hydrogen-bond acceptors (Lipinski definition) is 7. The summed E-state index contributed by atoms with van der Waals surface area (Å²) in [5, 5.41) is 8.04. The van der Waals surface area contributed by atoms with E-state index in [1.165, 1.54) is 0 Å². The summed E-state index contributed by atoms with van der Waals surface area (Å²) in [5.41, 5.74) is 8.26. The summed E-state index contributed by atoms with van der Waals surface area (Å²) in [4.78, 5) is 20.0. The van der Waals surface area contributed by atoms with E-state index in [0.29, 0.717) is 17.1 Å². The first kappa shape index (κ1) is 23.0. The van der Waals surface area contributed by atoms with E-state index in [2.05, 4.69) is 27.3 Å². The average Bonchev–Trinajstić information content (AvgIpc) is 3.53. The third-order valence-corrected chi connectivity index (χ3v) is 6.46. The molecule has 0 amide bonds. The van der Waals surface area contributed by atoms with Gasteiger partial charge in [-0.2, -0.15) is 5.10 Å². The Morgan fingerprint density at radius 2 is 2.11 bits per heavy atom. The molecular weight excluding hydrogens is 439 g/mol. The Hall–Kier alpha value is -3.75. The van der Waals surface area contributed by atoms with Crippen LogP contribution >= 0.6 is 0 Å². The van der Waals surface area contributed by atoms with Crippen molar-refractivity contribution in [3.63, 3.8) is 0 Å². The predicted molar refractivity (Wildman–Crippen MR) is 137 cm³/mol. The number of benzene rings is 1. The standard InChI is InChI=1S/C26H29BN6O2/c1-5-17-7-9-18(10-8-17)21(28-19-13-15(3)24-31-30-16(4)32(24)14-19)22-23(25(34)35-6-2)33(20-11-12-20)26(27)29-22/h5,7-10,13-14,16,20-21,28,30H,1,6,11-12H2,2-4H3. The van der Waals surface area contributed by atoms with Crippen molar-refractivity contribution in [2.45, 2.75) is 51.9 Å². The number of hydrazone groups is 1. The fraction of sp³-hybridized carbons (Fsp3) is 0.346. The molecule has 0 spiro atoms. The summed E-state index contributed by atoms with van der Waals surface area (Å²) in [6.07, 6.45) is 7.84. The molecule has 1 fully saturated rings. The smallest absolute Gasteiger partial charge is 0.356 e. The van der Waals surface area contributed by atoms with Crippen molar-refractivity contribution >= 4 is 31.5 Å². The molecule has 2 aromatic rings. The summed E-state index contributed by atoms with van der Waals surface area (Å²) in [5.74, 6) is 0.480. The van der Waals surface area contributed by atoms with Crippen LogP contribution in [-0.2, 0) is 4.74 Å². The molecule has 5 rings (SSSR count). The molecule has 2 unspecified atom stereocenters. The van der Waals surface area contributed by atoms with Gasteiger partial charge in [-0.05, 0) is 56.4 Å². The van der Waals surface area contributed by atoms with Gasteiger partial charge in [-0.3, -0.25) is 5.43 Å². The summed E-state index contributed by atoms with van der Waals surface area (Å²) in [6.45, 7) is 10.00. The van der Waals surface area contributed by atoms with E-state index >= 15 is 0 Å². The number of nitrogens with zero attached hydrogens (tertiary/aromatic N) is 4. The quantitative estimate of drug-likeness (QED) is 0.458. The molecule has 35 heavy (non-hydrogen) atoms. The summed E-state index contributed by atoms with van der Waals surface area (Å²) < 4.78 is 7.29. The lowest BCUT2D eigenvalue weighted by molar-refractivity contribution is 0.0512. The van der Waals surface area contributed by atoms with Crippen molar-refractivity contribution in [3.8, 4) is 0 Å². The van der Waals surface area contributed by atoms with Crippen LogP contribution in [0.2, 0.25) is 0 Å². The van der Waals surface area contributed by atoms with Crippen LogP contribution in [0, 0.1) is 0 Å². The lowest BCUT2D eigenvalue weighted by Gasteiger charge is -2.28. The molecule has 1 aromatic carbocycles. The highest BCUT2D eigenvalue weighted by atomic mass is 16.5. The van der Waals surface area contributed by atoms with Gasteiger partial charge in [0, 0.05) is 12.2 Å². The summed E-state index contributed by atoms with van der Waals surface area (Å²) >= 11 is 0. The average molecular weight is 468 g/mol. The Labute approximate surface area is 206 Å². The number of carbonyl (C=O) groups excluding carboxylic acids is 1. The normalized spacial score (nSPS) is 19.7. The molecule has 2 aliphatic heterocycles. The highest BCUT2D eigenvalue weighted by Gasteiger charge is 2.36. The zero-order valence-electron chi connectivity index (χ0n) is 20.3. The fourth-order valence-electron chi connectivity index (χ4n) is 4.56. The highest BCUT2D eigenvalue weighted by Crippen LogP contribution is 2.38. The molecule has 9 heteroatoms. The summed E-state index contributed by atoms with van der Waals surface area (Å²) in [7, 11) is 6.37. The van der Waals surface area contributed by atoms with Gasteiger partial charge in [-0.25, -0.2) is 9.78 Å². The number of imidazole rings is 1. The van der Waals surface area contributed by atoms with Gasteiger partial charge in [-0.1, -0.05) is 36.9 Å². The summed E-state index contributed by atoms with van der Waals surface area (Å²) in [6, 6.07) is 7.76. The van der Waals surface area contributed by atoms with Crippen LogP contribution in [0.15, 0.2) is 59.5 Å². The minimum Gasteiger partial charge on any atom is -0.461 e. The lowest BCUT2D eigenvalue weighted by Crippen LogP contribution is -2.37. The molecule has 3 aliphatic rings. The number of nitrogens with one attached hydrogen (secondary N) is 2. The monoisotopic (exact) mass is 468 g/mol. The van der Waals surface area contributed by atoms with Gasteiger partial charge >= 0.3 is 5.97 Å². The number of hydrogen-bond donors (Lipinski definition) is 2. The molecule has 1 aromatic heterocycles. The van der Waals surface area contributed by atoms with Crippen molar-refractivity contribution in [3.05, 3.63) is 76.9 Å². The van der Waals surface area contributed by atoms with E-state index in [0.717, 1.165) is 41.1 Å². The first-order valence-electron chi connectivity index (χ1n) is 12.0. The Bertz CT molecular complexity index is 1260. The second-order valence-corrected chi connectivity index (χ2v) is 9.03. The molecule has 1 saturated carbocycles. The molecule has 3 heterocycles. The van der Waals surface area contributed by atoms with Crippen molar-refractivity contribution in [2.75, 3.05) is 6.61 Å². The maximum atomic E-state index is 13.2. The van der Waals surface area contributed by atoms with Crippen LogP contribution in [-0.4, -0.2) is 46.9 Å². The maximum absolute atomic E-state index is 13.2. The molecule has 2 N–H and O–H groups in total.